The summed E-state index contributed by atoms with van der Waals surface area (Å²) in [6.07, 6.45) is 6.45. The molecular formula is C22H28FN3O4S. The lowest BCUT2D eigenvalue weighted by molar-refractivity contribution is 0.0730. The number of halogens is 1. The van der Waals surface area contributed by atoms with Crippen molar-refractivity contribution >= 4 is 15.9 Å². The molecule has 2 fully saturated rings. The number of carbonyl (C=O) groups excluding carboxylic acids is 1. The van der Waals surface area contributed by atoms with E-state index in [2.05, 4.69) is 10.3 Å². The van der Waals surface area contributed by atoms with Crippen LogP contribution in [0.4, 0.5) is 4.39 Å². The molecule has 0 bridgehead atoms. The number of rotatable bonds is 6. The summed E-state index contributed by atoms with van der Waals surface area (Å²) in [4.78, 5) is 15.7. The number of morpholine rings is 1. The molecule has 1 aliphatic heterocycles. The van der Waals surface area contributed by atoms with Crippen molar-refractivity contribution in [2.45, 2.75) is 42.4 Å². The van der Waals surface area contributed by atoms with Gasteiger partial charge >= 0.3 is 0 Å². The zero-order valence-electron chi connectivity index (χ0n) is 17.4. The van der Waals surface area contributed by atoms with Gasteiger partial charge in [0.25, 0.3) is 5.91 Å². The maximum absolute atomic E-state index is 13.4. The number of H-pyrrole nitrogens is 1. The lowest BCUT2D eigenvalue weighted by atomic mass is 9.69. The number of nitrogens with zero attached hydrogens (tertiary/aromatic N) is 1. The number of aromatic amines is 1. The van der Waals surface area contributed by atoms with Gasteiger partial charge in [-0.05, 0) is 36.6 Å². The molecule has 2 N–H and O–H groups in total. The molecule has 1 saturated heterocycles. The van der Waals surface area contributed by atoms with E-state index >= 15 is 0 Å². The molecule has 2 aliphatic rings. The summed E-state index contributed by atoms with van der Waals surface area (Å²) in [6.45, 7) is 1.75. The second kappa shape index (κ2) is 9.10. The van der Waals surface area contributed by atoms with E-state index in [1.54, 1.807) is 12.1 Å². The molecule has 1 amide bonds. The van der Waals surface area contributed by atoms with E-state index in [0.29, 0.717) is 32.8 Å². The first kappa shape index (κ1) is 22.0. The van der Waals surface area contributed by atoms with Gasteiger partial charge in [0.15, 0.2) is 0 Å². The van der Waals surface area contributed by atoms with Crippen LogP contribution in [-0.2, 0) is 20.2 Å². The molecule has 2 heterocycles. The molecule has 0 unspecified atom stereocenters. The van der Waals surface area contributed by atoms with Crippen LogP contribution in [-0.4, -0.2) is 56.5 Å². The van der Waals surface area contributed by atoms with Crippen molar-refractivity contribution in [1.29, 1.82) is 0 Å². The van der Waals surface area contributed by atoms with E-state index in [4.69, 9.17) is 4.74 Å². The Balaban J connectivity index is 1.47. The van der Waals surface area contributed by atoms with Crippen LogP contribution in [0.3, 0.4) is 0 Å². The number of hydrogen-bond donors (Lipinski definition) is 2. The molecule has 9 heteroatoms. The third kappa shape index (κ3) is 4.68. The number of amides is 1. The van der Waals surface area contributed by atoms with Crippen LogP contribution in [0, 0.1) is 5.82 Å². The van der Waals surface area contributed by atoms with E-state index in [1.807, 2.05) is 0 Å². The van der Waals surface area contributed by atoms with Crippen LogP contribution in [0.25, 0.3) is 0 Å². The van der Waals surface area contributed by atoms with Gasteiger partial charge in [0, 0.05) is 31.2 Å². The van der Waals surface area contributed by atoms with Gasteiger partial charge < -0.3 is 15.0 Å². The van der Waals surface area contributed by atoms with E-state index in [-0.39, 0.29) is 27.7 Å². The minimum absolute atomic E-state index is 0.0745. The summed E-state index contributed by atoms with van der Waals surface area (Å²) in [5.74, 6) is -0.630. The highest BCUT2D eigenvalue weighted by molar-refractivity contribution is 7.89. The van der Waals surface area contributed by atoms with Crippen molar-refractivity contribution in [2.75, 3.05) is 32.8 Å². The molecule has 4 rings (SSSR count). The van der Waals surface area contributed by atoms with E-state index < -0.39 is 10.0 Å². The Bertz CT molecular complexity index is 1010. The van der Waals surface area contributed by atoms with Gasteiger partial charge in [-0.1, -0.05) is 31.4 Å². The molecule has 2 aromatic rings. The number of nitrogens with one attached hydrogen (secondary N) is 2. The summed E-state index contributed by atoms with van der Waals surface area (Å²) in [6, 6.07) is 7.90. The molecule has 1 saturated carbocycles. The van der Waals surface area contributed by atoms with Gasteiger partial charge in [-0.15, -0.1) is 0 Å². The summed E-state index contributed by atoms with van der Waals surface area (Å²) in [7, 11) is -3.66. The number of aromatic nitrogens is 1. The minimum atomic E-state index is -3.66. The maximum Gasteiger partial charge on any atom is 0.267 e. The maximum atomic E-state index is 13.4. The lowest BCUT2D eigenvalue weighted by Gasteiger charge is -2.38. The van der Waals surface area contributed by atoms with Gasteiger partial charge in [0.1, 0.15) is 16.4 Å². The Morgan fingerprint density at radius 2 is 1.81 bits per heavy atom. The molecule has 0 spiro atoms. The number of benzene rings is 1. The summed E-state index contributed by atoms with van der Waals surface area (Å²) in [5.41, 5.74) is 0.990. The molecule has 1 aromatic heterocycles. The molecule has 0 radical (unpaired) electrons. The Kier molecular flexibility index (Phi) is 6.45. The number of sulfonamides is 1. The normalized spacial score (nSPS) is 19.8. The van der Waals surface area contributed by atoms with Crippen LogP contribution < -0.4 is 5.32 Å². The van der Waals surface area contributed by atoms with Crippen molar-refractivity contribution < 1.29 is 22.3 Å². The first-order valence-corrected chi connectivity index (χ1v) is 12.2. The average molecular weight is 450 g/mol. The lowest BCUT2D eigenvalue weighted by Crippen LogP contribution is -2.42. The van der Waals surface area contributed by atoms with Gasteiger partial charge in [0.2, 0.25) is 10.0 Å². The monoisotopic (exact) mass is 449 g/mol. The summed E-state index contributed by atoms with van der Waals surface area (Å²) < 4.78 is 45.6. The number of ether oxygens (including phenoxy) is 1. The first-order valence-electron chi connectivity index (χ1n) is 10.7. The Hall–Kier alpha value is -2.23. The fourth-order valence-electron chi connectivity index (χ4n) is 4.53. The first-order chi connectivity index (χ1) is 14.9. The van der Waals surface area contributed by atoms with Crippen molar-refractivity contribution in [2.24, 2.45) is 0 Å². The topological polar surface area (TPSA) is 91.5 Å². The van der Waals surface area contributed by atoms with Gasteiger partial charge in [-0.2, -0.15) is 4.31 Å². The summed E-state index contributed by atoms with van der Waals surface area (Å²) >= 11 is 0. The van der Waals surface area contributed by atoms with Crippen LogP contribution in [0.5, 0.6) is 0 Å². The second-order valence-corrected chi connectivity index (χ2v) is 10.2. The van der Waals surface area contributed by atoms with Crippen LogP contribution in [0.2, 0.25) is 0 Å². The molecule has 7 nitrogen and oxygen atoms in total. The second-order valence-electron chi connectivity index (χ2n) is 8.30. The highest BCUT2D eigenvalue weighted by Crippen LogP contribution is 2.39. The Morgan fingerprint density at radius 3 is 2.48 bits per heavy atom. The molecule has 0 atom stereocenters. The van der Waals surface area contributed by atoms with Crippen LogP contribution in [0.1, 0.15) is 48.2 Å². The van der Waals surface area contributed by atoms with Crippen LogP contribution in [0.15, 0.2) is 41.4 Å². The highest BCUT2D eigenvalue weighted by atomic mass is 32.2. The molecule has 31 heavy (non-hydrogen) atoms. The van der Waals surface area contributed by atoms with Crippen molar-refractivity contribution in [3.63, 3.8) is 0 Å². The van der Waals surface area contributed by atoms with E-state index in [1.165, 1.54) is 28.7 Å². The standard InChI is InChI=1S/C22H28FN3O4S/c23-18-6-4-17(5-7-18)22(8-2-1-3-9-22)16-25-21(27)20-14-19(15-24-20)31(28,29)26-10-12-30-13-11-26/h4-7,14-15,24H,1-3,8-13,16H2,(H,25,27). The fourth-order valence-corrected chi connectivity index (χ4v) is 5.94. The third-order valence-corrected chi connectivity index (χ3v) is 8.24. The molecule has 1 aliphatic carbocycles. The van der Waals surface area contributed by atoms with Gasteiger partial charge in [-0.25, -0.2) is 12.8 Å². The smallest absolute Gasteiger partial charge is 0.267 e. The van der Waals surface area contributed by atoms with E-state index in [9.17, 15) is 17.6 Å². The minimum Gasteiger partial charge on any atom is -0.379 e. The Morgan fingerprint density at radius 1 is 1.13 bits per heavy atom. The average Bonchev–Trinajstić information content (AvgIpc) is 3.31. The van der Waals surface area contributed by atoms with Crippen molar-refractivity contribution in [3.05, 3.63) is 53.6 Å². The van der Waals surface area contributed by atoms with Crippen molar-refractivity contribution in [3.8, 4) is 0 Å². The predicted octanol–water partition coefficient (Wildman–Crippen LogP) is 2.81. The largest absolute Gasteiger partial charge is 0.379 e. The highest BCUT2D eigenvalue weighted by Gasteiger charge is 2.35. The van der Waals surface area contributed by atoms with Gasteiger partial charge in [0.05, 0.1) is 13.2 Å². The number of hydrogen-bond acceptors (Lipinski definition) is 4. The molecular weight excluding hydrogens is 421 g/mol. The van der Waals surface area contributed by atoms with Crippen molar-refractivity contribution in [1.82, 2.24) is 14.6 Å². The Labute approximate surface area is 182 Å². The van der Waals surface area contributed by atoms with Gasteiger partial charge in [-0.3, -0.25) is 4.79 Å². The molecule has 168 valence electrons. The predicted molar refractivity (Wildman–Crippen MR) is 114 cm³/mol. The zero-order chi connectivity index (χ0) is 21.9. The third-order valence-electron chi connectivity index (χ3n) is 6.36. The zero-order valence-corrected chi connectivity index (χ0v) is 18.2. The fraction of sp³-hybridized carbons (Fsp3) is 0.500. The SMILES string of the molecule is O=C(NCC1(c2ccc(F)cc2)CCCCC1)c1cc(S(=O)(=O)N2CCOCC2)c[nH]1. The van der Waals surface area contributed by atoms with E-state index in [0.717, 1.165) is 37.7 Å². The number of carbonyl (C=O) groups is 1. The van der Waals surface area contributed by atoms with Crippen LogP contribution >= 0.6 is 0 Å². The molecule has 1 aromatic carbocycles. The quantitative estimate of drug-likeness (QED) is 0.710. The summed E-state index contributed by atoms with van der Waals surface area (Å²) in [5, 5.41) is 2.97.